The third-order valence-electron chi connectivity index (χ3n) is 2.75. The minimum Gasteiger partial charge on any atom is -0.398 e. The van der Waals surface area contributed by atoms with Crippen molar-refractivity contribution in [3.05, 3.63) is 29.1 Å². The number of likely N-dealkylation sites (N-methyl/N-ethyl adjacent to an activating group) is 1. The lowest BCUT2D eigenvalue weighted by molar-refractivity contribution is 0.0709. The predicted molar refractivity (Wildman–Crippen MR) is 69.0 cm³/mol. The summed E-state index contributed by atoms with van der Waals surface area (Å²) in [6.45, 7) is 4.99. The van der Waals surface area contributed by atoms with Crippen molar-refractivity contribution in [3.63, 3.8) is 0 Å². The van der Waals surface area contributed by atoms with E-state index in [1.54, 1.807) is 14.0 Å². The van der Waals surface area contributed by atoms with Crippen molar-refractivity contribution in [2.24, 2.45) is 0 Å². The van der Waals surface area contributed by atoms with Gasteiger partial charge in [-0.2, -0.15) is 0 Å². The van der Waals surface area contributed by atoms with Crippen LogP contribution in [0.1, 0.15) is 22.8 Å². The summed E-state index contributed by atoms with van der Waals surface area (Å²) in [4.78, 5) is 13.5. The number of benzene rings is 1. The van der Waals surface area contributed by atoms with Crippen LogP contribution in [-0.2, 0) is 4.74 Å². The molecule has 18 heavy (non-hydrogen) atoms. The fourth-order valence-electron chi connectivity index (χ4n) is 1.49. The van der Waals surface area contributed by atoms with Gasteiger partial charge < -0.3 is 15.4 Å². The second-order valence-corrected chi connectivity index (χ2v) is 4.10. The number of hydrogen-bond acceptors (Lipinski definition) is 3. The van der Waals surface area contributed by atoms with Crippen LogP contribution in [0.25, 0.3) is 0 Å². The molecule has 0 aliphatic rings. The van der Waals surface area contributed by atoms with E-state index >= 15 is 0 Å². The molecule has 0 spiro atoms. The van der Waals surface area contributed by atoms with E-state index in [2.05, 4.69) is 0 Å². The van der Waals surface area contributed by atoms with Crippen LogP contribution in [-0.4, -0.2) is 37.6 Å². The minimum absolute atomic E-state index is 0.259. The van der Waals surface area contributed by atoms with Gasteiger partial charge in [0.05, 0.1) is 6.61 Å². The summed E-state index contributed by atoms with van der Waals surface area (Å²) in [6.07, 6.45) is 0. The minimum atomic E-state index is -0.462. The fraction of sp³-hybridized carbons (Fsp3) is 0.462. The van der Waals surface area contributed by atoms with E-state index in [-0.39, 0.29) is 17.2 Å². The van der Waals surface area contributed by atoms with E-state index in [0.717, 1.165) is 0 Å². The average Bonchev–Trinajstić information content (AvgIpc) is 2.34. The van der Waals surface area contributed by atoms with Crippen LogP contribution in [0, 0.1) is 12.7 Å². The molecule has 0 radical (unpaired) electrons. The molecule has 0 saturated carbocycles. The van der Waals surface area contributed by atoms with Crippen molar-refractivity contribution >= 4 is 11.6 Å². The highest BCUT2D eigenvalue weighted by molar-refractivity contribution is 5.95. The van der Waals surface area contributed by atoms with Gasteiger partial charge in [0.15, 0.2) is 0 Å². The first-order chi connectivity index (χ1) is 8.47. The molecule has 1 aromatic rings. The maximum Gasteiger partial charge on any atom is 0.253 e. The highest BCUT2D eigenvalue weighted by atomic mass is 19.1. The predicted octanol–water partition coefficient (Wildman–Crippen LogP) is 1.82. The largest absolute Gasteiger partial charge is 0.398 e. The molecule has 0 aliphatic heterocycles. The highest BCUT2D eigenvalue weighted by Crippen LogP contribution is 2.18. The van der Waals surface area contributed by atoms with Gasteiger partial charge >= 0.3 is 0 Å². The zero-order valence-electron chi connectivity index (χ0n) is 11.0. The van der Waals surface area contributed by atoms with Crippen LogP contribution in [0.2, 0.25) is 0 Å². The van der Waals surface area contributed by atoms with Crippen molar-refractivity contribution in [3.8, 4) is 0 Å². The smallest absolute Gasteiger partial charge is 0.253 e. The monoisotopic (exact) mass is 254 g/mol. The van der Waals surface area contributed by atoms with Crippen LogP contribution in [0.4, 0.5) is 10.1 Å². The van der Waals surface area contributed by atoms with Gasteiger partial charge in [-0.25, -0.2) is 4.39 Å². The second-order valence-electron chi connectivity index (χ2n) is 4.10. The fourth-order valence-corrected chi connectivity index (χ4v) is 1.49. The van der Waals surface area contributed by atoms with Crippen molar-refractivity contribution in [1.29, 1.82) is 0 Å². The highest BCUT2D eigenvalue weighted by Gasteiger charge is 2.14. The molecular formula is C13H19FN2O2. The third kappa shape index (κ3) is 3.43. The number of nitrogens with zero attached hydrogens (tertiary/aromatic N) is 1. The first-order valence-electron chi connectivity index (χ1n) is 5.86. The summed E-state index contributed by atoms with van der Waals surface area (Å²) in [5, 5.41) is 0. The molecule has 0 atom stereocenters. The zero-order chi connectivity index (χ0) is 13.7. The first kappa shape index (κ1) is 14.4. The Hall–Kier alpha value is -1.62. The molecule has 0 saturated heterocycles. The number of hydrogen-bond donors (Lipinski definition) is 1. The number of carbonyl (C=O) groups excluding carboxylic acids is 1. The summed E-state index contributed by atoms with van der Waals surface area (Å²) in [7, 11) is 1.65. The molecule has 1 rings (SSSR count). The van der Waals surface area contributed by atoms with Crippen LogP contribution in [0.15, 0.2) is 12.1 Å². The summed E-state index contributed by atoms with van der Waals surface area (Å²) >= 11 is 0. The molecule has 5 heteroatoms. The Kier molecular flexibility index (Phi) is 5.09. The van der Waals surface area contributed by atoms with E-state index in [1.165, 1.54) is 17.0 Å². The summed E-state index contributed by atoms with van der Waals surface area (Å²) in [5.41, 5.74) is 6.56. The van der Waals surface area contributed by atoms with E-state index in [9.17, 15) is 9.18 Å². The lowest BCUT2D eigenvalue weighted by Crippen LogP contribution is -2.30. The van der Waals surface area contributed by atoms with Gasteiger partial charge in [-0.3, -0.25) is 4.79 Å². The first-order valence-corrected chi connectivity index (χ1v) is 5.86. The van der Waals surface area contributed by atoms with Gasteiger partial charge in [-0.05, 0) is 26.0 Å². The topological polar surface area (TPSA) is 55.6 Å². The van der Waals surface area contributed by atoms with E-state index in [1.807, 2.05) is 6.92 Å². The molecule has 0 heterocycles. The van der Waals surface area contributed by atoms with Gasteiger partial charge in [0.2, 0.25) is 0 Å². The normalized spacial score (nSPS) is 10.4. The summed E-state index contributed by atoms with van der Waals surface area (Å²) < 4.78 is 18.7. The molecule has 1 amide bonds. The Morgan fingerprint density at radius 2 is 2.17 bits per heavy atom. The molecular weight excluding hydrogens is 235 g/mol. The lowest BCUT2D eigenvalue weighted by atomic mass is 10.1. The molecule has 1 aromatic carbocycles. The maximum absolute atomic E-state index is 13.5. The molecule has 0 bridgehead atoms. The molecule has 2 N–H and O–H groups in total. The number of anilines is 1. The van der Waals surface area contributed by atoms with Crippen molar-refractivity contribution in [2.75, 3.05) is 32.5 Å². The Labute approximate surface area is 107 Å². The maximum atomic E-state index is 13.5. The van der Waals surface area contributed by atoms with Gasteiger partial charge in [-0.15, -0.1) is 0 Å². The van der Waals surface area contributed by atoms with E-state index < -0.39 is 5.82 Å². The number of carbonyl (C=O) groups is 1. The summed E-state index contributed by atoms with van der Waals surface area (Å²) in [5.74, 6) is -0.725. The van der Waals surface area contributed by atoms with Gasteiger partial charge in [-0.1, -0.05) is 0 Å². The molecule has 100 valence electrons. The molecule has 0 aliphatic carbocycles. The van der Waals surface area contributed by atoms with Crippen molar-refractivity contribution in [1.82, 2.24) is 4.90 Å². The second kappa shape index (κ2) is 6.35. The zero-order valence-corrected chi connectivity index (χ0v) is 11.0. The standard InChI is InChI=1S/C13H19FN2O2/c1-4-18-6-5-16(3)13(17)10-7-11(14)9(2)12(15)8-10/h7-8H,4-6,15H2,1-3H3. The number of amides is 1. The van der Waals surface area contributed by atoms with Gasteiger partial charge in [0, 0.05) is 37.0 Å². The average molecular weight is 254 g/mol. The molecule has 0 fully saturated rings. The van der Waals surface area contributed by atoms with E-state index in [4.69, 9.17) is 10.5 Å². The Morgan fingerprint density at radius 3 is 2.72 bits per heavy atom. The number of nitrogens with two attached hydrogens (primary N) is 1. The van der Waals surface area contributed by atoms with Crippen LogP contribution in [0.3, 0.4) is 0 Å². The number of halogens is 1. The molecule has 0 aromatic heterocycles. The van der Waals surface area contributed by atoms with Crippen LogP contribution in [0.5, 0.6) is 0 Å². The van der Waals surface area contributed by atoms with Gasteiger partial charge in [0.1, 0.15) is 5.82 Å². The molecule has 4 nitrogen and oxygen atoms in total. The SMILES string of the molecule is CCOCCN(C)C(=O)c1cc(N)c(C)c(F)c1. The van der Waals surface area contributed by atoms with Crippen LogP contribution < -0.4 is 5.73 Å². The Morgan fingerprint density at radius 1 is 1.50 bits per heavy atom. The number of ether oxygens (including phenoxy) is 1. The Balaban J connectivity index is 2.77. The Bertz CT molecular complexity index is 412. The van der Waals surface area contributed by atoms with Crippen molar-refractivity contribution in [2.45, 2.75) is 13.8 Å². The number of rotatable bonds is 5. The lowest BCUT2D eigenvalue weighted by Gasteiger charge is -2.17. The van der Waals surface area contributed by atoms with Gasteiger partial charge in [0.25, 0.3) is 5.91 Å². The third-order valence-corrected chi connectivity index (χ3v) is 2.75. The number of nitrogen functional groups attached to an aromatic ring is 1. The van der Waals surface area contributed by atoms with Crippen LogP contribution >= 0.6 is 0 Å². The summed E-state index contributed by atoms with van der Waals surface area (Å²) in [6, 6.07) is 2.71. The molecule has 0 unspecified atom stereocenters. The van der Waals surface area contributed by atoms with E-state index in [0.29, 0.717) is 25.3 Å². The quantitative estimate of drug-likeness (QED) is 0.644. The van der Waals surface area contributed by atoms with Crippen molar-refractivity contribution < 1.29 is 13.9 Å².